The van der Waals surface area contributed by atoms with E-state index in [4.69, 9.17) is 4.74 Å². The number of piperidine rings is 1. The van der Waals surface area contributed by atoms with Gasteiger partial charge in [-0.1, -0.05) is 6.92 Å². The molecule has 0 saturated carbocycles. The predicted molar refractivity (Wildman–Crippen MR) is 91.3 cm³/mol. The van der Waals surface area contributed by atoms with Gasteiger partial charge in [-0.15, -0.1) is 11.3 Å². The van der Waals surface area contributed by atoms with Crippen LogP contribution in [0.5, 0.6) is 0 Å². The van der Waals surface area contributed by atoms with Crippen LogP contribution in [-0.2, 0) is 11.3 Å². The van der Waals surface area contributed by atoms with E-state index in [0.29, 0.717) is 11.5 Å². The Morgan fingerprint density at radius 1 is 1.41 bits per heavy atom. The van der Waals surface area contributed by atoms with Crippen molar-refractivity contribution in [1.29, 1.82) is 0 Å². The first-order valence-corrected chi connectivity index (χ1v) is 9.38. The zero-order valence-corrected chi connectivity index (χ0v) is 15.0. The second-order valence-electron chi connectivity index (χ2n) is 7.01. The molecule has 1 atom stereocenters. The van der Waals surface area contributed by atoms with Gasteiger partial charge in [-0.3, -0.25) is 4.90 Å². The van der Waals surface area contributed by atoms with E-state index in [1.54, 1.807) is 11.3 Å². The predicted octanol–water partition coefficient (Wildman–Crippen LogP) is 2.77. The third-order valence-electron chi connectivity index (χ3n) is 5.48. The molecule has 2 fully saturated rings. The zero-order chi connectivity index (χ0) is 15.6. The smallest absolute Gasteiger partial charge is 0.0897 e. The lowest BCUT2D eigenvalue weighted by Crippen LogP contribution is -2.41. The van der Waals surface area contributed by atoms with Crippen molar-refractivity contribution in [2.75, 3.05) is 39.9 Å². The van der Waals surface area contributed by atoms with E-state index < -0.39 is 0 Å². The average Bonchev–Trinajstić information content (AvgIpc) is 3.06. The van der Waals surface area contributed by atoms with Crippen molar-refractivity contribution >= 4 is 11.3 Å². The summed E-state index contributed by atoms with van der Waals surface area (Å²) in [5.74, 6) is 0. The van der Waals surface area contributed by atoms with Crippen LogP contribution in [0.2, 0.25) is 0 Å². The van der Waals surface area contributed by atoms with Crippen molar-refractivity contribution in [3.8, 4) is 0 Å². The van der Waals surface area contributed by atoms with E-state index in [1.807, 2.05) is 7.11 Å². The highest BCUT2D eigenvalue weighted by Crippen LogP contribution is 2.43. The van der Waals surface area contributed by atoms with Crippen LogP contribution in [0.4, 0.5) is 0 Å². The fraction of sp³-hybridized carbons (Fsp3) is 0.824. The van der Waals surface area contributed by atoms with Crippen molar-refractivity contribution in [3.63, 3.8) is 0 Å². The molecule has 3 heterocycles. The molecule has 1 aromatic rings. The number of hydrogen-bond acceptors (Lipinski definition) is 5. The molecule has 1 aromatic heterocycles. The van der Waals surface area contributed by atoms with Gasteiger partial charge in [-0.25, -0.2) is 4.98 Å². The van der Waals surface area contributed by atoms with Gasteiger partial charge in [0.05, 0.1) is 17.3 Å². The summed E-state index contributed by atoms with van der Waals surface area (Å²) in [6.07, 6.45) is 3.98. The second kappa shape index (κ2) is 6.95. The molecule has 0 amide bonds. The lowest BCUT2D eigenvalue weighted by Gasteiger charge is -2.39. The summed E-state index contributed by atoms with van der Waals surface area (Å²) in [5.41, 5.74) is 1.74. The van der Waals surface area contributed by atoms with Crippen molar-refractivity contribution in [2.24, 2.45) is 5.41 Å². The molecular weight excluding hydrogens is 294 g/mol. The van der Waals surface area contributed by atoms with Crippen molar-refractivity contribution in [3.05, 3.63) is 16.1 Å². The molecule has 5 heteroatoms. The average molecular weight is 324 g/mol. The Labute approximate surface area is 138 Å². The number of rotatable bonds is 5. The highest BCUT2D eigenvalue weighted by atomic mass is 32.1. The standard InChI is InChI=1S/C17H29N3OS/c1-4-19-7-5-17(6-8-19)9-16(11-21-3)20(13-17)10-15-12-22-14(2)18-15/h12,16H,4-11,13H2,1-3H3. The van der Waals surface area contributed by atoms with E-state index >= 15 is 0 Å². The fourth-order valence-corrected chi connectivity index (χ4v) is 4.79. The van der Waals surface area contributed by atoms with Crippen LogP contribution in [-0.4, -0.2) is 60.7 Å². The van der Waals surface area contributed by atoms with Gasteiger partial charge in [0.25, 0.3) is 0 Å². The van der Waals surface area contributed by atoms with Gasteiger partial charge in [-0.2, -0.15) is 0 Å². The van der Waals surface area contributed by atoms with Crippen LogP contribution in [0.3, 0.4) is 0 Å². The minimum Gasteiger partial charge on any atom is -0.383 e. The van der Waals surface area contributed by atoms with Gasteiger partial charge in [-0.05, 0) is 51.2 Å². The van der Waals surface area contributed by atoms with E-state index in [2.05, 4.69) is 34.0 Å². The molecule has 2 aliphatic heterocycles. The number of likely N-dealkylation sites (tertiary alicyclic amines) is 2. The molecule has 1 spiro atoms. The molecule has 0 radical (unpaired) electrons. The Morgan fingerprint density at radius 2 is 2.18 bits per heavy atom. The number of thiazole rings is 1. The van der Waals surface area contributed by atoms with E-state index in [1.165, 1.54) is 56.1 Å². The van der Waals surface area contributed by atoms with Gasteiger partial charge in [0, 0.05) is 31.6 Å². The van der Waals surface area contributed by atoms with Gasteiger partial charge in [0.15, 0.2) is 0 Å². The summed E-state index contributed by atoms with van der Waals surface area (Å²) in [6.45, 7) is 11.1. The second-order valence-corrected chi connectivity index (χ2v) is 8.07. The number of ether oxygens (including phenoxy) is 1. The summed E-state index contributed by atoms with van der Waals surface area (Å²) in [6, 6.07) is 0.556. The lowest BCUT2D eigenvalue weighted by atomic mass is 9.76. The Balaban J connectivity index is 1.67. The third kappa shape index (κ3) is 3.53. The summed E-state index contributed by atoms with van der Waals surface area (Å²) >= 11 is 1.76. The van der Waals surface area contributed by atoms with Crippen LogP contribution in [0.1, 0.15) is 36.9 Å². The molecule has 1 unspecified atom stereocenters. The van der Waals surface area contributed by atoms with E-state index in [-0.39, 0.29) is 0 Å². The minimum absolute atomic E-state index is 0.514. The third-order valence-corrected chi connectivity index (χ3v) is 6.30. The molecule has 2 saturated heterocycles. The molecule has 0 aliphatic carbocycles. The van der Waals surface area contributed by atoms with Crippen LogP contribution < -0.4 is 0 Å². The van der Waals surface area contributed by atoms with E-state index in [0.717, 1.165) is 13.2 Å². The monoisotopic (exact) mass is 323 g/mol. The van der Waals surface area contributed by atoms with Crippen LogP contribution in [0.25, 0.3) is 0 Å². The molecule has 0 N–H and O–H groups in total. The topological polar surface area (TPSA) is 28.6 Å². The molecule has 2 aliphatic rings. The first-order valence-electron chi connectivity index (χ1n) is 8.50. The normalized spacial score (nSPS) is 26.0. The minimum atomic E-state index is 0.514. The quantitative estimate of drug-likeness (QED) is 0.833. The van der Waals surface area contributed by atoms with Crippen LogP contribution in [0.15, 0.2) is 5.38 Å². The Bertz CT molecular complexity index is 482. The van der Waals surface area contributed by atoms with Crippen molar-refractivity contribution < 1.29 is 4.74 Å². The van der Waals surface area contributed by atoms with Gasteiger partial charge in [0.1, 0.15) is 0 Å². The summed E-state index contributed by atoms with van der Waals surface area (Å²) < 4.78 is 5.51. The molecule has 22 heavy (non-hydrogen) atoms. The first kappa shape index (κ1) is 16.4. The largest absolute Gasteiger partial charge is 0.383 e. The highest BCUT2D eigenvalue weighted by Gasteiger charge is 2.45. The van der Waals surface area contributed by atoms with E-state index in [9.17, 15) is 0 Å². The summed E-state index contributed by atoms with van der Waals surface area (Å²) in [7, 11) is 1.83. The van der Waals surface area contributed by atoms with Crippen LogP contribution in [0, 0.1) is 12.3 Å². The Morgan fingerprint density at radius 3 is 2.77 bits per heavy atom. The maximum atomic E-state index is 5.51. The van der Waals surface area contributed by atoms with Crippen molar-refractivity contribution in [1.82, 2.24) is 14.8 Å². The van der Waals surface area contributed by atoms with Crippen LogP contribution >= 0.6 is 11.3 Å². The number of methoxy groups -OCH3 is 1. The van der Waals surface area contributed by atoms with Gasteiger partial charge < -0.3 is 9.64 Å². The SMILES string of the molecule is CCN1CCC2(CC1)CC(COC)N(Cc1csc(C)n1)C2. The van der Waals surface area contributed by atoms with Gasteiger partial charge >= 0.3 is 0 Å². The molecule has 0 aromatic carbocycles. The number of nitrogens with zero attached hydrogens (tertiary/aromatic N) is 3. The number of aromatic nitrogens is 1. The fourth-order valence-electron chi connectivity index (χ4n) is 4.19. The van der Waals surface area contributed by atoms with Gasteiger partial charge in [0.2, 0.25) is 0 Å². The highest BCUT2D eigenvalue weighted by molar-refractivity contribution is 7.09. The number of aryl methyl sites for hydroxylation is 1. The maximum Gasteiger partial charge on any atom is 0.0897 e. The first-order chi connectivity index (χ1) is 10.6. The summed E-state index contributed by atoms with van der Waals surface area (Å²) in [4.78, 5) is 9.87. The maximum absolute atomic E-state index is 5.51. The number of hydrogen-bond donors (Lipinski definition) is 0. The molecular formula is C17H29N3OS. The Kier molecular flexibility index (Phi) is 5.17. The summed E-state index contributed by atoms with van der Waals surface area (Å²) in [5, 5.41) is 3.38. The molecule has 0 bridgehead atoms. The zero-order valence-electron chi connectivity index (χ0n) is 14.2. The molecule has 4 nitrogen and oxygen atoms in total. The molecule has 124 valence electrons. The molecule has 3 rings (SSSR count). The Hall–Kier alpha value is -0.490. The lowest BCUT2D eigenvalue weighted by molar-refractivity contribution is 0.107. The van der Waals surface area contributed by atoms with Crippen molar-refractivity contribution in [2.45, 2.75) is 45.7 Å².